The molecule has 0 radical (unpaired) electrons. The van der Waals surface area contributed by atoms with Crippen LogP contribution >= 0.6 is 0 Å². The molecular weight excluding hydrogens is 342 g/mol. The lowest BCUT2D eigenvalue weighted by Crippen LogP contribution is -2.49. The van der Waals surface area contributed by atoms with Crippen LogP contribution in [0.5, 0.6) is 11.6 Å². The number of benzene rings is 1. The van der Waals surface area contributed by atoms with Gasteiger partial charge in [-0.25, -0.2) is 4.68 Å². The maximum absolute atomic E-state index is 10.4. The summed E-state index contributed by atoms with van der Waals surface area (Å²) in [4.78, 5) is 5.97. The summed E-state index contributed by atoms with van der Waals surface area (Å²) < 4.78 is 1.69. The standard InChI is InChI=1S/C20H23N5O2/c1-20(2)11-3-4-14-25(20)27-18-10-9-15(22-23-18)19-16(7-5-8-17(19)26)24-13-6-12-21-24/h5-10,12-13,26H,3-4,11,14H2,1-2H3. The zero-order valence-electron chi connectivity index (χ0n) is 15.5. The van der Waals surface area contributed by atoms with Crippen molar-refractivity contribution in [3.63, 3.8) is 0 Å². The Balaban J connectivity index is 1.62. The van der Waals surface area contributed by atoms with E-state index in [2.05, 4.69) is 29.1 Å². The number of rotatable bonds is 4. The predicted octanol–water partition coefficient (Wildman–Crippen LogP) is 3.59. The summed E-state index contributed by atoms with van der Waals surface area (Å²) in [5.74, 6) is 0.577. The van der Waals surface area contributed by atoms with E-state index in [4.69, 9.17) is 4.84 Å². The zero-order valence-corrected chi connectivity index (χ0v) is 15.5. The Morgan fingerprint density at radius 2 is 1.96 bits per heavy atom. The van der Waals surface area contributed by atoms with Crippen LogP contribution in [0.1, 0.15) is 33.1 Å². The summed E-state index contributed by atoms with van der Waals surface area (Å²) >= 11 is 0. The van der Waals surface area contributed by atoms with Crippen LogP contribution in [0.2, 0.25) is 0 Å². The van der Waals surface area contributed by atoms with Gasteiger partial charge >= 0.3 is 0 Å². The van der Waals surface area contributed by atoms with E-state index in [0.717, 1.165) is 25.1 Å². The summed E-state index contributed by atoms with van der Waals surface area (Å²) in [6, 6.07) is 10.7. The Hall–Kier alpha value is -2.93. The molecule has 7 nitrogen and oxygen atoms in total. The fraction of sp³-hybridized carbons (Fsp3) is 0.350. The monoisotopic (exact) mass is 365 g/mol. The Bertz CT molecular complexity index is 907. The summed E-state index contributed by atoms with van der Waals surface area (Å²) in [5.41, 5.74) is 1.85. The molecule has 1 aliphatic heterocycles. The van der Waals surface area contributed by atoms with Crippen LogP contribution in [0.25, 0.3) is 16.9 Å². The summed E-state index contributed by atoms with van der Waals surface area (Å²) in [6.07, 6.45) is 6.92. The van der Waals surface area contributed by atoms with E-state index in [-0.39, 0.29) is 11.3 Å². The van der Waals surface area contributed by atoms with Gasteiger partial charge < -0.3 is 9.94 Å². The van der Waals surface area contributed by atoms with Crippen LogP contribution in [0.3, 0.4) is 0 Å². The first-order valence-electron chi connectivity index (χ1n) is 9.16. The molecule has 0 bridgehead atoms. The third-order valence-electron chi connectivity index (χ3n) is 4.95. The van der Waals surface area contributed by atoms with Crippen LogP contribution in [0.4, 0.5) is 0 Å². The van der Waals surface area contributed by atoms with E-state index in [1.54, 1.807) is 35.1 Å². The van der Waals surface area contributed by atoms with Gasteiger partial charge in [-0.1, -0.05) is 12.5 Å². The minimum Gasteiger partial charge on any atom is -0.507 e. The second-order valence-electron chi connectivity index (χ2n) is 7.34. The fourth-order valence-electron chi connectivity index (χ4n) is 3.42. The van der Waals surface area contributed by atoms with Crippen molar-refractivity contribution in [1.29, 1.82) is 0 Å². The van der Waals surface area contributed by atoms with Crippen molar-refractivity contribution >= 4 is 0 Å². The topological polar surface area (TPSA) is 76.3 Å². The van der Waals surface area contributed by atoms with Gasteiger partial charge in [0.2, 0.25) is 0 Å². The Kier molecular flexibility index (Phi) is 4.53. The molecule has 2 aromatic heterocycles. The van der Waals surface area contributed by atoms with Crippen molar-refractivity contribution in [2.24, 2.45) is 0 Å². The highest BCUT2D eigenvalue weighted by Gasteiger charge is 2.32. The van der Waals surface area contributed by atoms with Gasteiger partial charge in [-0.3, -0.25) is 0 Å². The van der Waals surface area contributed by atoms with E-state index in [1.807, 2.05) is 23.4 Å². The van der Waals surface area contributed by atoms with Gasteiger partial charge in [0.05, 0.1) is 22.5 Å². The predicted molar refractivity (Wildman–Crippen MR) is 102 cm³/mol. The number of hydroxylamine groups is 2. The van der Waals surface area contributed by atoms with Gasteiger partial charge in [0.25, 0.3) is 5.88 Å². The lowest BCUT2D eigenvalue weighted by Gasteiger charge is -2.40. The molecule has 0 aliphatic carbocycles. The third kappa shape index (κ3) is 3.50. The highest BCUT2D eigenvalue weighted by molar-refractivity contribution is 5.75. The quantitative estimate of drug-likeness (QED) is 0.761. The number of aromatic hydroxyl groups is 1. The molecule has 3 aromatic rings. The Morgan fingerprint density at radius 1 is 1.07 bits per heavy atom. The van der Waals surface area contributed by atoms with Crippen LogP contribution in [0.15, 0.2) is 48.8 Å². The molecule has 0 spiro atoms. The van der Waals surface area contributed by atoms with Crippen molar-refractivity contribution in [3.05, 3.63) is 48.8 Å². The lowest BCUT2D eigenvalue weighted by atomic mass is 9.93. The van der Waals surface area contributed by atoms with Crippen LogP contribution < -0.4 is 4.84 Å². The van der Waals surface area contributed by atoms with Gasteiger partial charge in [0.15, 0.2) is 0 Å². The SMILES string of the molecule is CC1(C)CCCCN1Oc1ccc(-c2c(O)cccc2-n2cccn2)nn1. The summed E-state index contributed by atoms with van der Waals surface area (Å²) in [6.45, 7) is 5.22. The van der Waals surface area contributed by atoms with E-state index < -0.39 is 0 Å². The van der Waals surface area contributed by atoms with Crippen molar-refractivity contribution < 1.29 is 9.94 Å². The van der Waals surface area contributed by atoms with Crippen LogP contribution in [-0.2, 0) is 0 Å². The molecule has 0 saturated carbocycles. The second kappa shape index (κ2) is 7.00. The molecule has 3 heterocycles. The van der Waals surface area contributed by atoms with E-state index in [9.17, 15) is 5.11 Å². The minimum absolute atomic E-state index is 0.0242. The first-order valence-corrected chi connectivity index (χ1v) is 9.16. The van der Waals surface area contributed by atoms with Crippen molar-refractivity contribution in [3.8, 4) is 28.6 Å². The normalized spacial score (nSPS) is 17.0. The molecule has 1 saturated heterocycles. The van der Waals surface area contributed by atoms with Crippen molar-refractivity contribution in [2.75, 3.05) is 6.54 Å². The van der Waals surface area contributed by atoms with Crippen molar-refractivity contribution in [2.45, 2.75) is 38.6 Å². The Morgan fingerprint density at radius 3 is 2.67 bits per heavy atom. The van der Waals surface area contributed by atoms with Crippen LogP contribution in [-0.4, -0.2) is 42.2 Å². The first-order chi connectivity index (χ1) is 13.0. The highest BCUT2D eigenvalue weighted by Crippen LogP contribution is 2.34. The first kappa shape index (κ1) is 17.5. The smallest absolute Gasteiger partial charge is 0.257 e. The summed E-state index contributed by atoms with van der Waals surface area (Å²) in [7, 11) is 0. The largest absolute Gasteiger partial charge is 0.507 e. The lowest BCUT2D eigenvalue weighted by molar-refractivity contribution is -0.153. The molecule has 0 amide bonds. The van der Waals surface area contributed by atoms with Gasteiger partial charge in [-0.15, -0.1) is 15.3 Å². The number of aromatic nitrogens is 4. The van der Waals surface area contributed by atoms with Gasteiger partial charge in [0.1, 0.15) is 5.75 Å². The third-order valence-corrected chi connectivity index (χ3v) is 4.95. The number of hydrogen-bond acceptors (Lipinski definition) is 6. The van der Waals surface area contributed by atoms with Gasteiger partial charge in [0, 0.05) is 25.0 Å². The molecule has 1 fully saturated rings. The van der Waals surface area contributed by atoms with Gasteiger partial charge in [-0.05, 0) is 51.0 Å². The Labute approximate surface area is 158 Å². The number of phenols is 1. The molecule has 4 rings (SSSR count). The number of nitrogens with zero attached hydrogens (tertiary/aromatic N) is 5. The molecule has 7 heteroatoms. The molecule has 1 N–H and O–H groups in total. The van der Waals surface area contributed by atoms with E-state index >= 15 is 0 Å². The van der Waals surface area contributed by atoms with Crippen LogP contribution in [0, 0.1) is 0 Å². The maximum Gasteiger partial charge on any atom is 0.257 e. The fourth-order valence-corrected chi connectivity index (χ4v) is 3.42. The van der Waals surface area contributed by atoms with Gasteiger partial charge in [-0.2, -0.15) is 5.10 Å². The average molecular weight is 365 g/mol. The maximum atomic E-state index is 10.4. The summed E-state index contributed by atoms with van der Waals surface area (Å²) in [5, 5.41) is 25.1. The molecule has 27 heavy (non-hydrogen) atoms. The number of hydrogen-bond donors (Lipinski definition) is 1. The average Bonchev–Trinajstić information content (AvgIpc) is 3.19. The highest BCUT2D eigenvalue weighted by atomic mass is 16.7. The van der Waals surface area contributed by atoms with E-state index in [1.165, 1.54) is 6.42 Å². The molecule has 140 valence electrons. The number of piperidine rings is 1. The second-order valence-corrected chi connectivity index (χ2v) is 7.34. The number of phenolic OH excluding ortho intramolecular Hbond substituents is 1. The molecule has 1 aromatic carbocycles. The van der Waals surface area contributed by atoms with Crippen molar-refractivity contribution in [1.82, 2.24) is 25.0 Å². The molecule has 0 atom stereocenters. The minimum atomic E-state index is -0.0242. The zero-order chi connectivity index (χ0) is 18.9. The molecule has 0 unspecified atom stereocenters. The van der Waals surface area contributed by atoms with E-state index in [0.29, 0.717) is 17.1 Å². The molecule has 1 aliphatic rings. The molecular formula is C20H23N5O2.